The SMILES string of the molecule is Cc1ccc(S(=O)(=O)N2C(CCCn3cccn3)CCC2c2ccc(F)cc2)cc1. The lowest BCUT2D eigenvalue weighted by Gasteiger charge is -2.30. The monoisotopic (exact) mass is 427 g/mol. The molecule has 158 valence electrons. The van der Waals surface area contributed by atoms with Crippen LogP contribution in [0.3, 0.4) is 0 Å². The average Bonchev–Trinajstić information content (AvgIpc) is 3.39. The molecular weight excluding hydrogens is 401 g/mol. The zero-order valence-electron chi connectivity index (χ0n) is 17.0. The number of hydrogen-bond donors (Lipinski definition) is 0. The van der Waals surface area contributed by atoms with Crippen LogP contribution in [0.2, 0.25) is 0 Å². The lowest BCUT2D eigenvalue weighted by Crippen LogP contribution is -2.37. The Labute approximate surface area is 177 Å². The molecule has 3 aromatic rings. The van der Waals surface area contributed by atoms with Crippen LogP contribution in [0.4, 0.5) is 4.39 Å². The summed E-state index contributed by atoms with van der Waals surface area (Å²) in [5.41, 5.74) is 1.85. The maximum Gasteiger partial charge on any atom is 0.243 e. The standard InChI is InChI=1S/C23H26FN3O2S/c1-18-5-12-22(13-6-18)30(28,29)27-21(4-2-16-26-17-3-15-25-26)11-14-23(27)19-7-9-20(24)10-8-19/h3,5-10,12-13,15,17,21,23H,2,4,11,14,16H2,1H3. The first-order chi connectivity index (χ1) is 14.4. The summed E-state index contributed by atoms with van der Waals surface area (Å²) < 4.78 is 44.2. The van der Waals surface area contributed by atoms with E-state index in [2.05, 4.69) is 5.10 Å². The van der Waals surface area contributed by atoms with Crippen LogP contribution in [0, 0.1) is 12.7 Å². The maximum atomic E-state index is 13.6. The van der Waals surface area contributed by atoms with Gasteiger partial charge in [0.15, 0.2) is 0 Å². The molecule has 2 aromatic carbocycles. The summed E-state index contributed by atoms with van der Waals surface area (Å²) in [5.74, 6) is -0.319. The third-order valence-corrected chi connectivity index (χ3v) is 7.75. The second kappa shape index (κ2) is 8.70. The van der Waals surface area contributed by atoms with Gasteiger partial charge in [0.2, 0.25) is 10.0 Å². The Morgan fingerprint density at radius 1 is 1.07 bits per heavy atom. The number of rotatable bonds is 7. The third kappa shape index (κ3) is 4.32. The summed E-state index contributed by atoms with van der Waals surface area (Å²) in [6, 6.07) is 14.7. The van der Waals surface area contributed by atoms with E-state index in [4.69, 9.17) is 0 Å². The van der Waals surface area contributed by atoms with Crippen molar-refractivity contribution in [3.8, 4) is 0 Å². The summed E-state index contributed by atoms with van der Waals surface area (Å²) in [6.07, 6.45) is 6.76. The molecule has 1 aliphatic heterocycles. The molecule has 0 amide bonds. The number of benzene rings is 2. The van der Waals surface area contributed by atoms with Gasteiger partial charge in [-0.2, -0.15) is 9.40 Å². The van der Waals surface area contributed by atoms with Crippen LogP contribution < -0.4 is 0 Å². The molecule has 1 aliphatic rings. The molecule has 1 fully saturated rings. The molecule has 7 heteroatoms. The quantitative estimate of drug-likeness (QED) is 0.549. The molecule has 2 heterocycles. The summed E-state index contributed by atoms with van der Waals surface area (Å²) >= 11 is 0. The molecule has 1 saturated heterocycles. The van der Waals surface area contributed by atoms with E-state index in [0.717, 1.165) is 43.4 Å². The number of nitrogens with zero attached hydrogens (tertiary/aromatic N) is 3. The molecule has 0 bridgehead atoms. The van der Waals surface area contributed by atoms with Gasteiger partial charge >= 0.3 is 0 Å². The van der Waals surface area contributed by atoms with E-state index in [-0.39, 0.29) is 17.9 Å². The first-order valence-corrected chi connectivity index (χ1v) is 11.7. The first-order valence-electron chi connectivity index (χ1n) is 10.3. The average molecular weight is 428 g/mol. The second-order valence-electron chi connectivity index (χ2n) is 7.86. The highest BCUT2D eigenvalue weighted by molar-refractivity contribution is 7.89. The Kier molecular flexibility index (Phi) is 6.01. The van der Waals surface area contributed by atoms with Crippen molar-refractivity contribution in [2.45, 2.75) is 56.1 Å². The van der Waals surface area contributed by atoms with Crippen LogP contribution in [0.1, 0.15) is 42.9 Å². The van der Waals surface area contributed by atoms with Gasteiger partial charge in [-0.15, -0.1) is 0 Å². The number of aromatic nitrogens is 2. The van der Waals surface area contributed by atoms with E-state index in [1.54, 1.807) is 34.8 Å². The van der Waals surface area contributed by atoms with Crippen LogP contribution in [0.5, 0.6) is 0 Å². The highest BCUT2D eigenvalue weighted by Gasteiger charge is 2.42. The van der Waals surface area contributed by atoms with Crippen molar-refractivity contribution < 1.29 is 12.8 Å². The van der Waals surface area contributed by atoms with E-state index >= 15 is 0 Å². The van der Waals surface area contributed by atoms with E-state index in [1.807, 2.05) is 36.0 Å². The number of hydrogen-bond acceptors (Lipinski definition) is 3. The van der Waals surface area contributed by atoms with Crippen LogP contribution in [0.25, 0.3) is 0 Å². The largest absolute Gasteiger partial charge is 0.273 e. The van der Waals surface area contributed by atoms with E-state index in [9.17, 15) is 12.8 Å². The molecule has 5 nitrogen and oxygen atoms in total. The second-order valence-corrected chi connectivity index (χ2v) is 9.70. The van der Waals surface area contributed by atoms with Crippen LogP contribution in [0.15, 0.2) is 71.9 Å². The highest BCUT2D eigenvalue weighted by Crippen LogP contribution is 2.42. The van der Waals surface area contributed by atoms with Gasteiger partial charge in [-0.3, -0.25) is 4.68 Å². The highest BCUT2D eigenvalue weighted by atomic mass is 32.2. The molecule has 2 atom stereocenters. The molecular formula is C23H26FN3O2S. The fourth-order valence-electron chi connectivity index (χ4n) is 4.25. The topological polar surface area (TPSA) is 55.2 Å². The summed E-state index contributed by atoms with van der Waals surface area (Å²) in [6.45, 7) is 2.69. The minimum Gasteiger partial charge on any atom is -0.273 e. The number of halogens is 1. The van der Waals surface area contributed by atoms with E-state index in [1.165, 1.54) is 12.1 Å². The summed E-state index contributed by atoms with van der Waals surface area (Å²) in [7, 11) is -3.68. The van der Waals surface area contributed by atoms with Gasteiger partial charge in [0, 0.05) is 25.0 Å². The Bertz CT molecular complexity index is 1060. The van der Waals surface area contributed by atoms with Crippen molar-refractivity contribution in [3.63, 3.8) is 0 Å². The van der Waals surface area contributed by atoms with Crippen molar-refractivity contribution in [3.05, 3.63) is 83.9 Å². The lowest BCUT2D eigenvalue weighted by molar-refractivity contribution is 0.304. The van der Waals surface area contributed by atoms with E-state index in [0.29, 0.717) is 4.90 Å². The van der Waals surface area contributed by atoms with Gasteiger partial charge in [-0.05, 0) is 68.5 Å². The van der Waals surface area contributed by atoms with Gasteiger partial charge in [-0.25, -0.2) is 12.8 Å². The molecule has 0 spiro atoms. The van der Waals surface area contributed by atoms with Crippen molar-refractivity contribution in [2.24, 2.45) is 0 Å². The van der Waals surface area contributed by atoms with Gasteiger partial charge in [0.1, 0.15) is 5.82 Å². The number of sulfonamides is 1. The van der Waals surface area contributed by atoms with Gasteiger partial charge in [0.05, 0.1) is 10.9 Å². The predicted molar refractivity (Wildman–Crippen MR) is 114 cm³/mol. The molecule has 0 aliphatic carbocycles. The third-order valence-electron chi connectivity index (χ3n) is 5.78. The van der Waals surface area contributed by atoms with Crippen LogP contribution in [-0.2, 0) is 16.6 Å². The molecule has 0 saturated carbocycles. The van der Waals surface area contributed by atoms with Gasteiger partial charge in [-0.1, -0.05) is 29.8 Å². The van der Waals surface area contributed by atoms with Gasteiger partial charge in [0.25, 0.3) is 0 Å². The Balaban J connectivity index is 1.62. The minimum atomic E-state index is -3.68. The first kappa shape index (κ1) is 20.8. The molecule has 0 radical (unpaired) electrons. The normalized spacial score (nSPS) is 19.9. The Morgan fingerprint density at radius 3 is 2.47 bits per heavy atom. The van der Waals surface area contributed by atoms with Crippen molar-refractivity contribution in [1.82, 2.24) is 14.1 Å². The fraction of sp³-hybridized carbons (Fsp3) is 0.348. The Hall–Kier alpha value is -2.51. The van der Waals surface area contributed by atoms with Crippen LogP contribution >= 0.6 is 0 Å². The maximum absolute atomic E-state index is 13.6. The molecule has 4 rings (SSSR count). The zero-order chi connectivity index (χ0) is 21.1. The van der Waals surface area contributed by atoms with Crippen molar-refractivity contribution in [2.75, 3.05) is 0 Å². The zero-order valence-corrected chi connectivity index (χ0v) is 17.8. The van der Waals surface area contributed by atoms with Crippen LogP contribution in [-0.4, -0.2) is 28.5 Å². The van der Waals surface area contributed by atoms with Crippen molar-refractivity contribution in [1.29, 1.82) is 0 Å². The molecule has 1 aromatic heterocycles. The van der Waals surface area contributed by atoms with Gasteiger partial charge < -0.3 is 0 Å². The molecule has 2 unspecified atom stereocenters. The lowest BCUT2D eigenvalue weighted by atomic mass is 10.0. The summed E-state index contributed by atoms with van der Waals surface area (Å²) in [5, 5.41) is 4.22. The van der Waals surface area contributed by atoms with E-state index < -0.39 is 10.0 Å². The fourth-order valence-corrected chi connectivity index (χ4v) is 6.14. The summed E-state index contributed by atoms with van der Waals surface area (Å²) in [4.78, 5) is 0.305. The minimum absolute atomic E-state index is 0.0954. The smallest absolute Gasteiger partial charge is 0.243 e. The molecule has 30 heavy (non-hydrogen) atoms. The number of aryl methyl sites for hydroxylation is 2. The Morgan fingerprint density at radius 2 is 1.80 bits per heavy atom. The van der Waals surface area contributed by atoms with Crippen molar-refractivity contribution >= 4 is 10.0 Å². The molecule has 0 N–H and O–H groups in total. The predicted octanol–water partition coefficient (Wildman–Crippen LogP) is 4.71.